The molecule has 1 aromatic rings. The van der Waals surface area contributed by atoms with Gasteiger partial charge in [0.15, 0.2) is 6.20 Å². The Hall–Kier alpha value is -0.570. The first kappa shape index (κ1) is 33.3. The summed E-state index contributed by atoms with van der Waals surface area (Å²) in [6, 6.07) is 6.55. The van der Waals surface area contributed by atoms with Gasteiger partial charge in [0, 0.05) is 28.2 Å². The van der Waals surface area contributed by atoms with Gasteiger partial charge in [0.05, 0.1) is 0 Å². The molecule has 0 amide bonds. The van der Waals surface area contributed by atoms with Crippen LogP contribution in [0.25, 0.3) is 0 Å². The van der Waals surface area contributed by atoms with Crippen LogP contribution in [-0.4, -0.2) is 18.2 Å². The lowest BCUT2D eigenvalue weighted by Crippen LogP contribution is -2.50. The normalized spacial score (nSPS) is 35.4. The molecule has 0 spiro atoms. The van der Waals surface area contributed by atoms with E-state index in [0.717, 1.165) is 40.8 Å². The number of nitrogens with zero attached hydrogens (tertiary/aromatic N) is 1. The first-order valence-electron chi connectivity index (χ1n) is 15.9. The van der Waals surface area contributed by atoms with Gasteiger partial charge >= 0.3 is 0 Å². The van der Waals surface area contributed by atoms with Crippen molar-refractivity contribution < 1.29 is 21.4 Å². The van der Waals surface area contributed by atoms with E-state index in [1.54, 1.807) is 0 Å². The van der Waals surface area contributed by atoms with Crippen molar-refractivity contribution in [3.63, 3.8) is 0 Å². The van der Waals surface area contributed by atoms with Crippen molar-refractivity contribution in [2.75, 3.05) is 0 Å². The van der Waals surface area contributed by atoms with Crippen molar-refractivity contribution in [3.8, 4) is 0 Å². The second-order valence-electron chi connectivity index (χ2n) is 14.4. The molecule has 1 heterocycles. The number of rotatable bonds is 8. The second-order valence-corrected chi connectivity index (χ2v) is 17.7. The molecule has 0 aromatic carbocycles. The highest BCUT2D eigenvalue weighted by Gasteiger charge is 2.59. The smallest absolute Gasteiger partial charge is 0.255 e. The predicted molar refractivity (Wildman–Crippen MR) is 169 cm³/mol. The van der Waals surface area contributed by atoms with Gasteiger partial charge in [-0.25, -0.2) is 8.42 Å². The third-order valence-corrected chi connectivity index (χ3v) is 14.5. The fourth-order valence-electron chi connectivity index (χ4n) is 9.45. The quantitative estimate of drug-likeness (QED) is 0.0948. The van der Waals surface area contributed by atoms with Crippen LogP contribution >= 0.6 is 21.6 Å². The minimum absolute atomic E-state index is 0.477. The minimum Gasteiger partial charge on any atom is -0.722 e. The fourth-order valence-corrected chi connectivity index (χ4v) is 12.2. The summed E-state index contributed by atoms with van der Waals surface area (Å²) in [6.45, 7) is 12.8. The summed E-state index contributed by atoms with van der Waals surface area (Å²) in [4.78, 5) is 0. The highest BCUT2D eigenvalue weighted by Crippen LogP contribution is 2.67. The number of allylic oxidation sites excluding steroid dienone is 2. The van der Waals surface area contributed by atoms with Crippen LogP contribution in [0.4, 0.5) is 3.89 Å². The van der Waals surface area contributed by atoms with E-state index in [1.807, 2.05) is 16.4 Å². The van der Waals surface area contributed by atoms with Crippen molar-refractivity contribution in [3.05, 3.63) is 36.0 Å². The third-order valence-electron chi connectivity index (χ3n) is 11.5. The Bertz CT molecular complexity index is 1170. The summed E-state index contributed by atoms with van der Waals surface area (Å²) in [7, 11) is 0.870. The molecule has 41 heavy (non-hydrogen) atoms. The Balaban J connectivity index is 0.000000714. The lowest BCUT2D eigenvalue weighted by Gasteiger charge is -2.58. The Morgan fingerprint density at radius 2 is 1.80 bits per heavy atom. The summed E-state index contributed by atoms with van der Waals surface area (Å²) < 4.78 is 37.6. The number of halogens is 1. The van der Waals surface area contributed by atoms with Crippen molar-refractivity contribution in [1.29, 1.82) is 0 Å². The van der Waals surface area contributed by atoms with Crippen LogP contribution in [0.1, 0.15) is 105 Å². The van der Waals surface area contributed by atoms with Crippen molar-refractivity contribution in [1.82, 2.24) is 0 Å². The molecule has 4 aliphatic rings. The van der Waals surface area contributed by atoms with Crippen molar-refractivity contribution in [2.45, 2.75) is 116 Å². The van der Waals surface area contributed by atoms with Crippen molar-refractivity contribution >= 4 is 32.1 Å². The van der Waals surface area contributed by atoms with E-state index in [4.69, 9.17) is 13.0 Å². The highest BCUT2D eigenvalue weighted by molar-refractivity contribution is 8.76. The largest absolute Gasteiger partial charge is 0.722 e. The first-order chi connectivity index (χ1) is 19.2. The predicted octanol–water partition coefficient (Wildman–Crippen LogP) is 9.08. The van der Waals surface area contributed by atoms with Crippen LogP contribution in [0.2, 0.25) is 0 Å². The van der Waals surface area contributed by atoms with Crippen LogP contribution in [0.5, 0.6) is 0 Å². The van der Waals surface area contributed by atoms with Gasteiger partial charge in [-0.2, -0.15) is 4.57 Å². The molecule has 1 aromatic heterocycles. The van der Waals surface area contributed by atoms with Crippen molar-refractivity contribution in [2.24, 2.45) is 53.4 Å². The molecule has 4 aliphatic carbocycles. The minimum atomic E-state index is -5.42. The lowest BCUT2D eigenvalue weighted by molar-refractivity contribution is -0.708. The van der Waals surface area contributed by atoms with Gasteiger partial charge < -0.3 is 4.55 Å². The van der Waals surface area contributed by atoms with Crippen LogP contribution in [0, 0.1) is 46.3 Å². The zero-order valence-corrected chi connectivity index (χ0v) is 28.4. The average Bonchev–Trinajstić information content (AvgIpc) is 3.24. The molecule has 3 fully saturated rings. The summed E-state index contributed by atoms with van der Waals surface area (Å²) in [5.41, 5.74) is 2.92. The van der Waals surface area contributed by atoms with Gasteiger partial charge in [-0.05, 0) is 104 Å². The number of hydrogen-bond acceptors (Lipinski definition) is 5. The topological polar surface area (TPSA) is 61.1 Å². The maximum Gasteiger partial charge on any atom is 0.255 e. The molecular formula is C33H52FNO3S3. The molecule has 8 heteroatoms. The number of aromatic nitrogens is 1. The van der Waals surface area contributed by atoms with Gasteiger partial charge in [0.1, 0.15) is 7.05 Å². The molecule has 0 radical (unpaired) electrons. The average molecular weight is 626 g/mol. The van der Waals surface area contributed by atoms with E-state index in [1.165, 1.54) is 75.7 Å². The molecular weight excluding hydrogens is 574 g/mol. The molecule has 0 aliphatic heterocycles. The Morgan fingerprint density at radius 1 is 1.07 bits per heavy atom. The van der Waals surface area contributed by atoms with Crippen LogP contribution in [-0.2, 0) is 17.6 Å². The standard InChI is InChI=1S/C33H52NS2.FHO3S/c1-23(2)10-9-11-24(3)28-15-16-29-27-14-13-25-22-26(35-36-31-12-7-8-21-34(31)6)17-19-32(25,4)30(27)18-20-33(28,29)5;1-5(2,3)4/h7-8,12-13,21,23-24,26-30H,9-11,14-20,22H2,1-6H3;(H,2,3,4)/q+1;/p-1/t24-,26?,27+,28-,29+,30+,32+,33-;/m1./s1. The molecule has 5 rings (SSSR count). The van der Waals surface area contributed by atoms with E-state index >= 15 is 0 Å². The molecule has 1 unspecified atom stereocenters. The number of aryl methyl sites for hydroxylation is 1. The molecule has 0 N–H and O–H groups in total. The van der Waals surface area contributed by atoms with Gasteiger partial charge in [-0.1, -0.05) is 76.3 Å². The zero-order chi connectivity index (χ0) is 30.0. The number of pyridine rings is 1. The molecule has 3 saturated carbocycles. The van der Waals surface area contributed by atoms with E-state index in [-0.39, 0.29) is 0 Å². The van der Waals surface area contributed by atoms with Gasteiger partial charge in [0.2, 0.25) is 5.03 Å². The molecule has 8 atom stereocenters. The summed E-state index contributed by atoms with van der Waals surface area (Å²) in [5.74, 6) is 5.61. The summed E-state index contributed by atoms with van der Waals surface area (Å²) in [6.07, 6.45) is 20.8. The van der Waals surface area contributed by atoms with Crippen LogP contribution < -0.4 is 4.57 Å². The number of fused-ring (bicyclic) bond motifs is 5. The second kappa shape index (κ2) is 13.6. The Kier molecular flexibility index (Phi) is 11.1. The van der Waals surface area contributed by atoms with E-state index in [0.29, 0.717) is 10.8 Å². The van der Waals surface area contributed by atoms with E-state index in [2.05, 4.69) is 87.5 Å². The van der Waals surface area contributed by atoms with Crippen LogP contribution in [0.3, 0.4) is 0 Å². The summed E-state index contributed by atoms with van der Waals surface area (Å²) in [5, 5.41) is 2.14. The maximum absolute atomic E-state index is 10.1. The maximum atomic E-state index is 10.1. The highest BCUT2D eigenvalue weighted by atomic mass is 33.1. The van der Waals surface area contributed by atoms with Crippen LogP contribution in [0.15, 0.2) is 41.1 Å². The third kappa shape index (κ3) is 7.94. The Morgan fingerprint density at radius 3 is 2.49 bits per heavy atom. The first-order valence-corrected chi connectivity index (χ1v) is 19.4. The SMILES string of the molecule is CC(C)CCC[C@@H](C)[C@H]1CC[C@H]2[C@@H]3CC=C4CC(SSc5cccc[n+]5C)CC[C@]4(C)[C@H]3CC[C@]12C.O=S(=O)([O-])F. The monoisotopic (exact) mass is 625 g/mol. The lowest BCUT2D eigenvalue weighted by atomic mass is 9.47. The summed E-state index contributed by atoms with van der Waals surface area (Å²) >= 11 is 0. The van der Waals surface area contributed by atoms with Gasteiger partial charge in [-0.3, -0.25) is 0 Å². The fraction of sp³-hybridized carbons (Fsp3) is 0.788. The van der Waals surface area contributed by atoms with Gasteiger partial charge in [0.25, 0.3) is 10.5 Å². The Labute approximate surface area is 257 Å². The molecule has 232 valence electrons. The zero-order valence-electron chi connectivity index (χ0n) is 26.0. The molecule has 0 saturated heterocycles. The van der Waals surface area contributed by atoms with E-state index in [9.17, 15) is 3.89 Å². The van der Waals surface area contributed by atoms with Gasteiger partial charge in [-0.15, -0.1) is 3.89 Å². The molecule has 4 nitrogen and oxygen atoms in total. The molecule has 0 bridgehead atoms. The van der Waals surface area contributed by atoms with E-state index < -0.39 is 10.5 Å². The number of hydrogen-bond donors (Lipinski definition) is 0.